The Bertz CT molecular complexity index is 651. The average molecular weight is 289 g/mol. The summed E-state index contributed by atoms with van der Waals surface area (Å²) >= 11 is 0. The molecule has 0 atom stereocenters. The number of carboxylic acid groups (broad SMARTS) is 1. The van der Waals surface area contributed by atoms with Crippen LogP contribution >= 0.6 is 0 Å². The van der Waals surface area contributed by atoms with Crippen molar-refractivity contribution < 1.29 is 19.4 Å². The topological polar surface area (TPSA) is 104 Å². The van der Waals surface area contributed by atoms with E-state index >= 15 is 0 Å². The molecule has 0 fully saturated rings. The summed E-state index contributed by atoms with van der Waals surface area (Å²) in [7, 11) is 0. The van der Waals surface area contributed by atoms with Crippen LogP contribution in [0.15, 0.2) is 30.6 Å². The van der Waals surface area contributed by atoms with Crippen LogP contribution in [0.25, 0.3) is 0 Å². The zero-order valence-corrected chi connectivity index (χ0v) is 11.4. The van der Waals surface area contributed by atoms with Gasteiger partial charge in [0.15, 0.2) is 11.4 Å². The lowest BCUT2D eigenvalue weighted by Gasteiger charge is -2.07. The molecule has 110 valence electrons. The number of aromatic carboxylic acids is 1. The molecular formula is C14H15N3O4. The number of aromatic amines is 1. The van der Waals surface area contributed by atoms with E-state index in [1.165, 1.54) is 6.33 Å². The SMILES string of the molecule is CCOc1cccc(CNC(=O)c2nc[nH]c2C(=O)O)c1. The Hall–Kier alpha value is -2.83. The number of hydrogen-bond donors (Lipinski definition) is 3. The molecule has 0 saturated heterocycles. The van der Waals surface area contributed by atoms with Gasteiger partial charge in [0, 0.05) is 6.54 Å². The van der Waals surface area contributed by atoms with Gasteiger partial charge in [-0.15, -0.1) is 0 Å². The number of benzene rings is 1. The van der Waals surface area contributed by atoms with E-state index in [1.54, 1.807) is 0 Å². The summed E-state index contributed by atoms with van der Waals surface area (Å²) in [6, 6.07) is 7.30. The Kier molecular flexibility index (Phi) is 4.55. The van der Waals surface area contributed by atoms with Crippen molar-refractivity contribution in [1.82, 2.24) is 15.3 Å². The lowest BCUT2D eigenvalue weighted by atomic mass is 10.2. The van der Waals surface area contributed by atoms with Gasteiger partial charge >= 0.3 is 5.97 Å². The fourth-order valence-corrected chi connectivity index (χ4v) is 1.81. The van der Waals surface area contributed by atoms with Crippen LogP contribution in [0.2, 0.25) is 0 Å². The van der Waals surface area contributed by atoms with Crippen LogP contribution in [0.1, 0.15) is 33.5 Å². The van der Waals surface area contributed by atoms with Crippen molar-refractivity contribution in [2.24, 2.45) is 0 Å². The lowest BCUT2D eigenvalue weighted by Crippen LogP contribution is -2.25. The molecule has 1 aromatic heterocycles. The quantitative estimate of drug-likeness (QED) is 0.746. The van der Waals surface area contributed by atoms with E-state index in [4.69, 9.17) is 9.84 Å². The van der Waals surface area contributed by atoms with Gasteiger partial charge in [-0.3, -0.25) is 4.79 Å². The van der Waals surface area contributed by atoms with Crippen molar-refractivity contribution in [3.05, 3.63) is 47.5 Å². The molecule has 0 unspecified atom stereocenters. The molecule has 0 aliphatic heterocycles. The maximum absolute atomic E-state index is 11.9. The van der Waals surface area contributed by atoms with Gasteiger partial charge in [0.1, 0.15) is 5.75 Å². The minimum absolute atomic E-state index is 0.136. The summed E-state index contributed by atoms with van der Waals surface area (Å²) < 4.78 is 5.37. The standard InChI is InChI=1S/C14H15N3O4/c1-2-21-10-5-3-4-9(6-10)7-15-13(18)11-12(14(19)20)17-8-16-11/h3-6,8H,2,7H2,1H3,(H,15,18)(H,16,17)(H,19,20). The molecule has 7 nitrogen and oxygen atoms in total. The van der Waals surface area contributed by atoms with Crippen LogP contribution in [0.5, 0.6) is 5.75 Å². The highest BCUT2D eigenvalue weighted by Crippen LogP contribution is 2.13. The highest BCUT2D eigenvalue weighted by molar-refractivity contribution is 6.02. The number of amides is 1. The number of aromatic nitrogens is 2. The number of nitrogens with zero attached hydrogens (tertiary/aromatic N) is 1. The summed E-state index contributed by atoms with van der Waals surface area (Å²) in [5.41, 5.74) is 0.487. The zero-order chi connectivity index (χ0) is 15.2. The molecule has 7 heteroatoms. The molecule has 2 rings (SSSR count). The van der Waals surface area contributed by atoms with Gasteiger partial charge in [0.2, 0.25) is 0 Å². The number of nitrogens with one attached hydrogen (secondary N) is 2. The largest absolute Gasteiger partial charge is 0.494 e. The molecule has 1 heterocycles. The van der Waals surface area contributed by atoms with Gasteiger partial charge in [-0.25, -0.2) is 9.78 Å². The summed E-state index contributed by atoms with van der Waals surface area (Å²) in [5.74, 6) is -1.05. The van der Waals surface area contributed by atoms with Crippen LogP contribution in [0, 0.1) is 0 Å². The molecule has 1 amide bonds. The first-order valence-corrected chi connectivity index (χ1v) is 6.38. The second-order valence-corrected chi connectivity index (χ2v) is 4.19. The third kappa shape index (κ3) is 3.59. The predicted molar refractivity (Wildman–Crippen MR) is 74.3 cm³/mol. The minimum Gasteiger partial charge on any atom is -0.494 e. The molecule has 21 heavy (non-hydrogen) atoms. The summed E-state index contributed by atoms with van der Waals surface area (Å²) in [5, 5.41) is 11.5. The Morgan fingerprint density at radius 2 is 2.24 bits per heavy atom. The van der Waals surface area contributed by atoms with Crippen molar-refractivity contribution in [3.8, 4) is 5.75 Å². The maximum Gasteiger partial charge on any atom is 0.354 e. The van der Waals surface area contributed by atoms with E-state index in [9.17, 15) is 9.59 Å². The summed E-state index contributed by atoms with van der Waals surface area (Å²) in [6.45, 7) is 2.70. The van der Waals surface area contributed by atoms with Crippen LogP contribution in [-0.4, -0.2) is 33.6 Å². The number of carbonyl (C=O) groups is 2. The predicted octanol–water partition coefficient (Wildman–Crippen LogP) is 1.44. The zero-order valence-electron chi connectivity index (χ0n) is 11.4. The molecule has 0 bridgehead atoms. The first-order chi connectivity index (χ1) is 10.1. The van der Waals surface area contributed by atoms with Crippen molar-refractivity contribution in [2.75, 3.05) is 6.61 Å². The molecule has 0 aliphatic rings. The van der Waals surface area contributed by atoms with Crippen molar-refractivity contribution in [3.63, 3.8) is 0 Å². The number of H-pyrrole nitrogens is 1. The van der Waals surface area contributed by atoms with Crippen LogP contribution in [0.3, 0.4) is 0 Å². The molecule has 0 aliphatic carbocycles. The first-order valence-electron chi connectivity index (χ1n) is 6.38. The fraction of sp³-hybridized carbons (Fsp3) is 0.214. The van der Waals surface area contributed by atoms with Crippen molar-refractivity contribution >= 4 is 11.9 Å². The van der Waals surface area contributed by atoms with Crippen LogP contribution in [-0.2, 0) is 6.54 Å². The van der Waals surface area contributed by atoms with E-state index in [-0.39, 0.29) is 17.9 Å². The van der Waals surface area contributed by atoms with Crippen LogP contribution in [0.4, 0.5) is 0 Å². The molecular weight excluding hydrogens is 274 g/mol. The number of rotatable bonds is 6. The molecule has 0 radical (unpaired) electrons. The van der Waals surface area contributed by atoms with E-state index in [2.05, 4.69) is 15.3 Å². The van der Waals surface area contributed by atoms with Gasteiger partial charge in [0.25, 0.3) is 5.91 Å². The number of imidazole rings is 1. The van der Waals surface area contributed by atoms with Crippen molar-refractivity contribution in [2.45, 2.75) is 13.5 Å². The van der Waals surface area contributed by atoms with Gasteiger partial charge in [-0.05, 0) is 24.6 Å². The van der Waals surface area contributed by atoms with Gasteiger partial charge in [0.05, 0.1) is 12.9 Å². The number of carboxylic acids is 1. The second-order valence-electron chi connectivity index (χ2n) is 4.19. The lowest BCUT2D eigenvalue weighted by molar-refractivity contribution is 0.0685. The Labute approximate surface area is 121 Å². The Morgan fingerprint density at radius 3 is 2.95 bits per heavy atom. The van der Waals surface area contributed by atoms with Gasteiger partial charge < -0.3 is 20.1 Å². The van der Waals surface area contributed by atoms with E-state index < -0.39 is 11.9 Å². The third-order valence-electron chi connectivity index (χ3n) is 2.73. The smallest absolute Gasteiger partial charge is 0.354 e. The molecule has 2 aromatic rings. The second kappa shape index (κ2) is 6.56. The Balaban J connectivity index is 2.02. The highest BCUT2D eigenvalue weighted by Gasteiger charge is 2.19. The average Bonchev–Trinajstić information content (AvgIpc) is 2.95. The number of carbonyl (C=O) groups excluding carboxylic acids is 1. The fourth-order valence-electron chi connectivity index (χ4n) is 1.81. The number of ether oxygens (including phenoxy) is 1. The molecule has 0 spiro atoms. The van der Waals surface area contributed by atoms with E-state index in [1.807, 2.05) is 31.2 Å². The normalized spacial score (nSPS) is 10.1. The van der Waals surface area contributed by atoms with E-state index in [0.717, 1.165) is 11.3 Å². The van der Waals surface area contributed by atoms with Gasteiger partial charge in [-0.2, -0.15) is 0 Å². The van der Waals surface area contributed by atoms with Crippen molar-refractivity contribution in [1.29, 1.82) is 0 Å². The first kappa shape index (κ1) is 14.6. The third-order valence-corrected chi connectivity index (χ3v) is 2.73. The maximum atomic E-state index is 11.9. The summed E-state index contributed by atoms with van der Waals surface area (Å²) in [6.07, 6.45) is 1.17. The minimum atomic E-state index is -1.23. The molecule has 3 N–H and O–H groups in total. The van der Waals surface area contributed by atoms with E-state index in [0.29, 0.717) is 6.61 Å². The Morgan fingerprint density at radius 1 is 1.43 bits per heavy atom. The highest BCUT2D eigenvalue weighted by atomic mass is 16.5. The monoisotopic (exact) mass is 289 g/mol. The molecule has 0 saturated carbocycles. The van der Waals surface area contributed by atoms with Gasteiger partial charge in [-0.1, -0.05) is 12.1 Å². The summed E-state index contributed by atoms with van der Waals surface area (Å²) in [4.78, 5) is 29.0. The van der Waals surface area contributed by atoms with Crippen LogP contribution < -0.4 is 10.1 Å². The molecule has 1 aromatic carbocycles. The number of hydrogen-bond acceptors (Lipinski definition) is 4.